The quantitative estimate of drug-likeness (QED) is 0.793. The van der Waals surface area contributed by atoms with Crippen LogP contribution >= 0.6 is 0 Å². The lowest BCUT2D eigenvalue weighted by atomic mass is 10.0. The Morgan fingerprint density at radius 3 is 2.48 bits per heavy atom. The van der Waals surface area contributed by atoms with Crippen molar-refractivity contribution in [3.8, 4) is 0 Å². The van der Waals surface area contributed by atoms with Crippen molar-refractivity contribution in [1.82, 2.24) is 9.80 Å². The van der Waals surface area contributed by atoms with Gasteiger partial charge in [-0.05, 0) is 70.9 Å². The summed E-state index contributed by atoms with van der Waals surface area (Å²) in [5.41, 5.74) is 1.82. The van der Waals surface area contributed by atoms with Crippen LogP contribution in [0.3, 0.4) is 0 Å². The van der Waals surface area contributed by atoms with E-state index in [1.807, 2.05) is 37.8 Å². The third kappa shape index (κ3) is 5.02. The molecule has 1 saturated heterocycles. The van der Waals surface area contributed by atoms with Gasteiger partial charge in [0.1, 0.15) is 11.6 Å². The molecule has 1 aromatic carbocycles. The summed E-state index contributed by atoms with van der Waals surface area (Å²) in [7, 11) is 0. The summed E-state index contributed by atoms with van der Waals surface area (Å²) in [6.07, 6.45) is 4.35. The molecule has 5 nitrogen and oxygen atoms in total. The molecule has 1 aromatic rings. The summed E-state index contributed by atoms with van der Waals surface area (Å²) in [4.78, 5) is 29.8. The number of carbonyl (C=O) groups excluding carboxylic acids is 2. The van der Waals surface area contributed by atoms with Gasteiger partial charge in [0, 0.05) is 19.1 Å². The van der Waals surface area contributed by atoms with E-state index in [1.165, 1.54) is 11.1 Å². The van der Waals surface area contributed by atoms with E-state index < -0.39 is 11.6 Å². The second-order valence-electron chi connectivity index (χ2n) is 8.81. The summed E-state index contributed by atoms with van der Waals surface area (Å²) in [6, 6.07) is 8.11. The first kappa shape index (κ1) is 19.7. The van der Waals surface area contributed by atoms with Gasteiger partial charge in [0.15, 0.2) is 0 Å². The number of piperidine rings is 1. The molecule has 0 bridgehead atoms. The molecule has 3 rings (SSSR count). The summed E-state index contributed by atoms with van der Waals surface area (Å²) in [5, 5.41) is 0. The normalized spacial score (nSPS) is 20.3. The smallest absolute Gasteiger partial charge is 0.410 e. The predicted octanol–water partition coefficient (Wildman–Crippen LogP) is 4.28. The van der Waals surface area contributed by atoms with Gasteiger partial charge < -0.3 is 9.64 Å². The second kappa shape index (κ2) is 7.91. The Balaban J connectivity index is 1.77. The van der Waals surface area contributed by atoms with Crippen LogP contribution in [-0.2, 0) is 16.1 Å². The van der Waals surface area contributed by atoms with Crippen molar-refractivity contribution in [1.29, 1.82) is 0 Å². The maximum absolute atomic E-state index is 13.5. The summed E-state index contributed by atoms with van der Waals surface area (Å²) in [5.74, 6) is 0.0753. The van der Waals surface area contributed by atoms with Crippen LogP contribution in [0.1, 0.15) is 64.0 Å². The molecule has 2 aliphatic rings. The van der Waals surface area contributed by atoms with Crippen molar-refractivity contribution in [3.05, 3.63) is 35.4 Å². The molecular formula is C22H32N2O3. The number of rotatable bonds is 4. The molecule has 0 radical (unpaired) electrons. The molecule has 1 saturated carbocycles. The Hall–Kier alpha value is -2.04. The first-order valence-corrected chi connectivity index (χ1v) is 10.1. The number of aryl methyl sites for hydroxylation is 1. The highest BCUT2D eigenvalue weighted by atomic mass is 16.6. The number of nitrogens with zero attached hydrogens (tertiary/aromatic N) is 2. The van der Waals surface area contributed by atoms with Crippen LogP contribution in [-0.4, -0.2) is 46.0 Å². The minimum atomic E-state index is -0.556. The van der Waals surface area contributed by atoms with Gasteiger partial charge in [-0.2, -0.15) is 0 Å². The van der Waals surface area contributed by atoms with Gasteiger partial charge >= 0.3 is 6.09 Å². The fraction of sp³-hybridized carbons (Fsp3) is 0.636. The van der Waals surface area contributed by atoms with Crippen LogP contribution in [0.15, 0.2) is 24.3 Å². The van der Waals surface area contributed by atoms with E-state index in [0.29, 0.717) is 19.1 Å². The van der Waals surface area contributed by atoms with Gasteiger partial charge in [-0.15, -0.1) is 0 Å². The average Bonchev–Trinajstić information content (AvgIpc) is 3.44. The molecule has 1 aliphatic carbocycles. The lowest BCUT2D eigenvalue weighted by Gasteiger charge is -2.38. The van der Waals surface area contributed by atoms with E-state index in [-0.39, 0.29) is 12.0 Å². The molecule has 1 heterocycles. The standard InChI is InChI=1S/C22H32N2O3/c1-16-9-5-6-10-17(16)15-24(18-12-13-18)20(25)19-11-7-8-14-23(19)21(26)27-22(2,3)4/h5-6,9-10,18-19H,7-8,11-15H2,1-4H3/t19-/m0/s1. The van der Waals surface area contributed by atoms with E-state index in [4.69, 9.17) is 4.74 Å². The Labute approximate surface area is 162 Å². The van der Waals surface area contributed by atoms with E-state index >= 15 is 0 Å². The van der Waals surface area contributed by atoms with Crippen LogP contribution in [0.25, 0.3) is 0 Å². The first-order chi connectivity index (χ1) is 12.8. The lowest BCUT2D eigenvalue weighted by Crippen LogP contribution is -2.54. The largest absolute Gasteiger partial charge is 0.444 e. The molecule has 2 fully saturated rings. The monoisotopic (exact) mass is 372 g/mol. The molecule has 0 unspecified atom stereocenters. The zero-order valence-corrected chi connectivity index (χ0v) is 17.0. The first-order valence-electron chi connectivity index (χ1n) is 10.1. The second-order valence-corrected chi connectivity index (χ2v) is 8.81. The van der Waals surface area contributed by atoms with Gasteiger partial charge in [0.05, 0.1) is 0 Å². The Kier molecular flexibility index (Phi) is 5.78. The molecule has 5 heteroatoms. The Morgan fingerprint density at radius 1 is 1.15 bits per heavy atom. The number of hydrogen-bond acceptors (Lipinski definition) is 3. The number of carbonyl (C=O) groups is 2. The summed E-state index contributed by atoms with van der Waals surface area (Å²) in [6.45, 7) is 8.88. The Morgan fingerprint density at radius 2 is 1.85 bits per heavy atom. The number of likely N-dealkylation sites (tertiary alicyclic amines) is 1. The molecule has 0 spiro atoms. The third-order valence-electron chi connectivity index (χ3n) is 5.29. The van der Waals surface area contributed by atoms with Gasteiger partial charge in [-0.1, -0.05) is 24.3 Å². The maximum atomic E-state index is 13.5. The van der Waals surface area contributed by atoms with Crippen LogP contribution in [0.2, 0.25) is 0 Å². The lowest BCUT2D eigenvalue weighted by molar-refractivity contribution is -0.139. The topological polar surface area (TPSA) is 49.9 Å². The van der Waals surface area contributed by atoms with E-state index in [0.717, 1.165) is 32.1 Å². The maximum Gasteiger partial charge on any atom is 0.410 e. The van der Waals surface area contributed by atoms with Crippen molar-refractivity contribution in [2.45, 2.75) is 84.0 Å². The van der Waals surface area contributed by atoms with Gasteiger partial charge in [0.2, 0.25) is 5.91 Å². The fourth-order valence-corrected chi connectivity index (χ4v) is 3.66. The minimum Gasteiger partial charge on any atom is -0.444 e. The molecule has 0 aromatic heterocycles. The van der Waals surface area contributed by atoms with Crippen molar-refractivity contribution in [2.75, 3.05) is 6.54 Å². The molecule has 1 aliphatic heterocycles. The molecular weight excluding hydrogens is 340 g/mol. The molecule has 1 atom stereocenters. The van der Waals surface area contributed by atoms with Crippen LogP contribution in [0, 0.1) is 6.92 Å². The third-order valence-corrected chi connectivity index (χ3v) is 5.29. The van der Waals surface area contributed by atoms with Crippen LogP contribution < -0.4 is 0 Å². The van der Waals surface area contributed by atoms with Crippen molar-refractivity contribution in [2.24, 2.45) is 0 Å². The fourth-order valence-electron chi connectivity index (χ4n) is 3.66. The number of ether oxygens (including phenoxy) is 1. The van der Waals surface area contributed by atoms with Crippen molar-refractivity contribution >= 4 is 12.0 Å². The number of amides is 2. The molecule has 148 valence electrons. The predicted molar refractivity (Wildman–Crippen MR) is 105 cm³/mol. The number of hydrogen-bond donors (Lipinski definition) is 0. The number of benzene rings is 1. The van der Waals surface area contributed by atoms with Gasteiger partial charge in [-0.25, -0.2) is 4.79 Å². The minimum absolute atomic E-state index is 0.0753. The van der Waals surface area contributed by atoms with Crippen LogP contribution in [0.4, 0.5) is 4.79 Å². The highest BCUT2D eigenvalue weighted by Gasteiger charge is 2.41. The highest BCUT2D eigenvalue weighted by Crippen LogP contribution is 2.32. The highest BCUT2D eigenvalue weighted by molar-refractivity contribution is 5.86. The SMILES string of the molecule is Cc1ccccc1CN(C(=O)[C@@H]1CCCCN1C(=O)OC(C)(C)C)C1CC1. The van der Waals surface area contributed by atoms with E-state index in [1.54, 1.807) is 4.90 Å². The summed E-state index contributed by atoms with van der Waals surface area (Å²) < 4.78 is 5.57. The van der Waals surface area contributed by atoms with Gasteiger partial charge in [-0.3, -0.25) is 9.69 Å². The Bertz CT molecular complexity index is 691. The van der Waals surface area contributed by atoms with E-state index in [2.05, 4.69) is 19.1 Å². The average molecular weight is 373 g/mol. The van der Waals surface area contributed by atoms with Crippen LogP contribution in [0.5, 0.6) is 0 Å². The van der Waals surface area contributed by atoms with Crippen molar-refractivity contribution in [3.63, 3.8) is 0 Å². The van der Waals surface area contributed by atoms with E-state index in [9.17, 15) is 9.59 Å². The zero-order valence-electron chi connectivity index (χ0n) is 17.0. The van der Waals surface area contributed by atoms with Gasteiger partial charge in [0.25, 0.3) is 0 Å². The zero-order chi connectivity index (χ0) is 19.6. The van der Waals surface area contributed by atoms with Crippen molar-refractivity contribution < 1.29 is 14.3 Å². The molecule has 2 amide bonds. The summed E-state index contributed by atoms with van der Waals surface area (Å²) >= 11 is 0. The molecule has 27 heavy (non-hydrogen) atoms. The molecule has 0 N–H and O–H groups in total.